The SMILES string of the molecule is O=c1ccc(C(F)(F)F)cn1Cc1ncc(-c2ccc(F)cc2)o1. The van der Waals surface area contributed by atoms with Crippen LogP contribution in [-0.2, 0) is 12.7 Å². The lowest BCUT2D eigenvalue weighted by Crippen LogP contribution is -2.22. The zero-order chi connectivity index (χ0) is 17.3. The van der Waals surface area contributed by atoms with E-state index in [4.69, 9.17) is 4.42 Å². The van der Waals surface area contributed by atoms with E-state index in [0.29, 0.717) is 17.5 Å². The minimum Gasteiger partial charge on any atom is -0.439 e. The molecule has 0 aliphatic carbocycles. The molecule has 0 aliphatic rings. The van der Waals surface area contributed by atoms with Crippen LogP contribution in [0.5, 0.6) is 0 Å². The molecule has 0 fully saturated rings. The molecular weight excluding hydrogens is 328 g/mol. The Labute approximate surface area is 133 Å². The van der Waals surface area contributed by atoms with Crippen LogP contribution in [-0.4, -0.2) is 9.55 Å². The van der Waals surface area contributed by atoms with Crippen LogP contribution in [0.3, 0.4) is 0 Å². The first-order valence-electron chi connectivity index (χ1n) is 6.81. The second-order valence-electron chi connectivity index (χ2n) is 5.01. The standard InChI is InChI=1S/C16H10F4N2O2/c17-12-4-1-10(2-5-12)13-7-21-14(24-13)9-22-8-11(16(18,19)20)3-6-15(22)23/h1-8H,9H2. The van der Waals surface area contributed by atoms with Gasteiger partial charge in [-0.15, -0.1) is 0 Å². The van der Waals surface area contributed by atoms with E-state index in [1.165, 1.54) is 30.5 Å². The number of oxazole rings is 1. The Morgan fingerprint density at radius 3 is 2.46 bits per heavy atom. The normalized spacial score (nSPS) is 11.7. The van der Waals surface area contributed by atoms with Gasteiger partial charge in [0.1, 0.15) is 12.4 Å². The topological polar surface area (TPSA) is 48.0 Å². The van der Waals surface area contributed by atoms with Crippen LogP contribution in [0.4, 0.5) is 17.6 Å². The zero-order valence-corrected chi connectivity index (χ0v) is 12.0. The van der Waals surface area contributed by atoms with Gasteiger partial charge in [-0.25, -0.2) is 9.37 Å². The van der Waals surface area contributed by atoms with Crippen molar-refractivity contribution < 1.29 is 22.0 Å². The maximum Gasteiger partial charge on any atom is 0.417 e. The average Bonchev–Trinajstić information content (AvgIpc) is 2.97. The average molecular weight is 338 g/mol. The van der Waals surface area contributed by atoms with Gasteiger partial charge in [0, 0.05) is 17.8 Å². The summed E-state index contributed by atoms with van der Waals surface area (Å²) in [7, 11) is 0. The highest BCUT2D eigenvalue weighted by Gasteiger charge is 2.31. The van der Waals surface area contributed by atoms with Crippen molar-refractivity contribution in [3.05, 3.63) is 76.4 Å². The van der Waals surface area contributed by atoms with Crippen LogP contribution in [0.25, 0.3) is 11.3 Å². The fourth-order valence-corrected chi connectivity index (χ4v) is 2.10. The molecule has 0 aliphatic heterocycles. The molecule has 0 atom stereocenters. The van der Waals surface area contributed by atoms with Gasteiger partial charge in [0.2, 0.25) is 5.89 Å². The molecule has 8 heteroatoms. The summed E-state index contributed by atoms with van der Waals surface area (Å²) in [5.74, 6) is -0.0187. The highest BCUT2D eigenvalue weighted by Crippen LogP contribution is 2.28. The molecule has 24 heavy (non-hydrogen) atoms. The summed E-state index contributed by atoms with van der Waals surface area (Å²) in [6, 6.07) is 7.01. The molecule has 0 radical (unpaired) electrons. The number of aromatic nitrogens is 2. The molecule has 2 heterocycles. The molecular formula is C16H10F4N2O2. The molecule has 0 bridgehead atoms. The van der Waals surface area contributed by atoms with E-state index in [2.05, 4.69) is 4.98 Å². The second-order valence-corrected chi connectivity index (χ2v) is 5.01. The highest BCUT2D eigenvalue weighted by atomic mass is 19.4. The quantitative estimate of drug-likeness (QED) is 0.684. The maximum absolute atomic E-state index is 12.9. The number of hydrogen-bond donors (Lipinski definition) is 0. The summed E-state index contributed by atoms with van der Waals surface area (Å²) in [4.78, 5) is 15.6. The molecule has 3 rings (SSSR count). The number of nitrogens with zero attached hydrogens (tertiary/aromatic N) is 2. The van der Waals surface area contributed by atoms with Crippen molar-refractivity contribution in [2.75, 3.05) is 0 Å². The van der Waals surface area contributed by atoms with E-state index in [9.17, 15) is 22.4 Å². The molecule has 1 aromatic carbocycles. The Morgan fingerprint density at radius 2 is 1.79 bits per heavy atom. The number of rotatable bonds is 3. The van der Waals surface area contributed by atoms with E-state index in [1.807, 2.05) is 0 Å². The molecule has 124 valence electrons. The van der Waals surface area contributed by atoms with Gasteiger partial charge in [-0.2, -0.15) is 13.2 Å². The predicted molar refractivity (Wildman–Crippen MR) is 76.7 cm³/mol. The van der Waals surface area contributed by atoms with Gasteiger partial charge in [0.05, 0.1) is 11.8 Å². The maximum atomic E-state index is 12.9. The molecule has 0 spiro atoms. The van der Waals surface area contributed by atoms with E-state index in [1.54, 1.807) is 0 Å². The summed E-state index contributed by atoms with van der Waals surface area (Å²) in [5, 5.41) is 0. The van der Waals surface area contributed by atoms with E-state index in [0.717, 1.165) is 16.7 Å². The van der Waals surface area contributed by atoms with Gasteiger partial charge in [-0.3, -0.25) is 4.79 Å². The van der Waals surface area contributed by atoms with Crippen LogP contribution in [0.15, 0.2) is 58.0 Å². The lowest BCUT2D eigenvalue weighted by molar-refractivity contribution is -0.138. The molecule has 4 nitrogen and oxygen atoms in total. The molecule has 0 amide bonds. The van der Waals surface area contributed by atoms with Gasteiger partial charge in [0.25, 0.3) is 5.56 Å². The summed E-state index contributed by atoms with van der Waals surface area (Å²) in [6.45, 7) is -0.246. The number of halogens is 4. The third-order valence-electron chi connectivity index (χ3n) is 3.30. The smallest absolute Gasteiger partial charge is 0.417 e. The molecule has 0 N–H and O–H groups in total. The third-order valence-corrected chi connectivity index (χ3v) is 3.30. The van der Waals surface area contributed by atoms with E-state index in [-0.39, 0.29) is 12.4 Å². The van der Waals surface area contributed by atoms with Crippen LogP contribution in [0.2, 0.25) is 0 Å². The van der Waals surface area contributed by atoms with E-state index < -0.39 is 23.1 Å². The van der Waals surface area contributed by atoms with Crippen molar-refractivity contribution in [3.8, 4) is 11.3 Å². The Morgan fingerprint density at radius 1 is 1.08 bits per heavy atom. The van der Waals surface area contributed by atoms with Gasteiger partial charge < -0.3 is 8.98 Å². The molecule has 0 saturated carbocycles. The summed E-state index contributed by atoms with van der Waals surface area (Å²) >= 11 is 0. The van der Waals surface area contributed by atoms with Crippen molar-refractivity contribution >= 4 is 0 Å². The lowest BCUT2D eigenvalue weighted by atomic mass is 10.2. The third kappa shape index (κ3) is 3.37. The number of hydrogen-bond acceptors (Lipinski definition) is 3. The Balaban J connectivity index is 1.87. The molecule has 0 saturated heterocycles. The molecule has 0 unspecified atom stereocenters. The summed E-state index contributed by atoms with van der Waals surface area (Å²) in [6.07, 6.45) is -2.48. The molecule has 2 aromatic heterocycles. The van der Waals surface area contributed by atoms with E-state index >= 15 is 0 Å². The largest absolute Gasteiger partial charge is 0.439 e. The first-order chi connectivity index (χ1) is 11.3. The Hall–Kier alpha value is -2.90. The summed E-state index contributed by atoms with van der Waals surface area (Å²) < 4.78 is 57.3. The Kier molecular flexibility index (Phi) is 3.96. The summed E-state index contributed by atoms with van der Waals surface area (Å²) in [5.41, 5.74) is -0.983. The van der Waals surface area contributed by atoms with Crippen molar-refractivity contribution in [2.45, 2.75) is 12.7 Å². The van der Waals surface area contributed by atoms with Gasteiger partial charge in [-0.05, 0) is 30.3 Å². The number of pyridine rings is 1. The van der Waals surface area contributed by atoms with Crippen molar-refractivity contribution in [1.29, 1.82) is 0 Å². The van der Waals surface area contributed by atoms with Gasteiger partial charge in [-0.1, -0.05) is 0 Å². The first kappa shape index (κ1) is 16.0. The van der Waals surface area contributed by atoms with Crippen molar-refractivity contribution in [3.63, 3.8) is 0 Å². The van der Waals surface area contributed by atoms with Crippen molar-refractivity contribution in [1.82, 2.24) is 9.55 Å². The first-order valence-corrected chi connectivity index (χ1v) is 6.81. The fraction of sp³-hybridized carbons (Fsp3) is 0.125. The van der Waals surface area contributed by atoms with Gasteiger partial charge >= 0.3 is 6.18 Å². The fourth-order valence-electron chi connectivity index (χ4n) is 2.10. The van der Waals surface area contributed by atoms with Crippen LogP contribution >= 0.6 is 0 Å². The second kappa shape index (κ2) is 5.95. The molecule has 3 aromatic rings. The zero-order valence-electron chi connectivity index (χ0n) is 12.0. The van der Waals surface area contributed by atoms with Crippen LogP contribution < -0.4 is 5.56 Å². The number of benzene rings is 1. The monoisotopic (exact) mass is 338 g/mol. The predicted octanol–water partition coefficient (Wildman–Crippen LogP) is 3.71. The lowest BCUT2D eigenvalue weighted by Gasteiger charge is -2.09. The van der Waals surface area contributed by atoms with Gasteiger partial charge in [0.15, 0.2) is 5.76 Å². The van der Waals surface area contributed by atoms with Crippen LogP contribution in [0, 0.1) is 5.82 Å². The van der Waals surface area contributed by atoms with Crippen LogP contribution in [0.1, 0.15) is 11.5 Å². The minimum atomic E-state index is -4.55. The van der Waals surface area contributed by atoms with Crippen molar-refractivity contribution in [2.24, 2.45) is 0 Å². The highest BCUT2D eigenvalue weighted by molar-refractivity contribution is 5.55. The number of alkyl halides is 3. The Bertz CT molecular complexity index is 911. The minimum absolute atomic E-state index is 0.0655.